The maximum Gasteiger partial charge on any atom is 0.171 e. The summed E-state index contributed by atoms with van der Waals surface area (Å²) >= 11 is 5.48. The van der Waals surface area contributed by atoms with Gasteiger partial charge in [0.2, 0.25) is 0 Å². The van der Waals surface area contributed by atoms with E-state index in [1.54, 1.807) is 0 Å². The van der Waals surface area contributed by atoms with E-state index in [0.29, 0.717) is 11.0 Å². The molecule has 0 atom stereocenters. The molecule has 0 saturated carbocycles. The van der Waals surface area contributed by atoms with Crippen LogP contribution in [-0.2, 0) is 17.8 Å². The highest BCUT2D eigenvalue weighted by molar-refractivity contribution is 7.80. The quantitative estimate of drug-likeness (QED) is 0.734. The molecule has 2 aromatic carbocycles. The Labute approximate surface area is 167 Å². The monoisotopic (exact) mass is 383 g/mol. The smallest absolute Gasteiger partial charge is 0.171 e. The number of hydrogen-bond acceptors (Lipinski definition) is 3. The van der Waals surface area contributed by atoms with E-state index < -0.39 is 0 Å². The number of benzene rings is 2. The third-order valence-electron chi connectivity index (χ3n) is 4.89. The van der Waals surface area contributed by atoms with Crippen LogP contribution in [0.25, 0.3) is 0 Å². The molecule has 144 valence electrons. The number of ether oxygens (including phenoxy) is 1. The molecule has 1 saturated heterocycles. The number of nitrogens with zero attached hydrogens (tertiary/aromatic N) is 1. The summed E-state index contributed by atoms with van der Waals surface area (Å²) in [7, 11) is 0. The van der Waals surface area contributed by atoms with E-state index in [1.165, 1.54) is 16.7 Å². The van der Waals surface area contributed by atoms with E-state index in [0.717, 1.165) is 45.1 Å². The van der Waals surface area contributed by atoms with Gasteiger partial charge in [0, 0.05) is 31.9 Å². The predicted molar refractivity (Wildman–Crippen MR) is 116 cm³/mol. The van der Waals surface area contributed by atoms with Gasteiger partial charge in [-0.25, -0.2) is 0 Å². The van der Waals surface area contributed by atoms with Crippen molar-refractivity contribution >= 4 is 23.0 Å². The topological polar surface area (TPSA) is 36.5 Å². The highest BCUT2D eigenvalue weighted by Gasteiger charge is 2.12. The summed E-state index contributed by atoms with van der Waals surface area (Å²) in [4.78, 5) is 2.44. The van der Waals surface area contributed by atoms with Gasteiger partial charge in [-0.1, -0.05) is 50.2 Å². The molecule has 5 heteroatoms. The Kier molecular flexibility index (Phi) is 7.21. The minimum absolute atomic E-state index is 0.534. The van der Waals surface area contributed by atoms with Gasteiger partial charge >= 0.3 is 0 Å². The van der Waals surface area contributed by atoms with Crippen LogP contribution in [-0.4, -0.2) is 36.3 Å². The summed E-state index contributed by atoms with van der Waals surface area (Å²) in [6, 6.07) is 17.0. The van der Waals surface area contributed by atoms with E-state index in [1.807, 2.05) is 0 Å². The zero-order valence-corrected chi connectivity index (χ0v) is 17.0. The molecular weight excluding hydrogens is 354 g/mol. The first-order valence-corrected chi connectivity index (χ1v) is 10.0. The Bertz CT molecular complexity index is 739. The van der Waals surface area contributed by atoms with Crippen LogP contribution in [0.4, 0.5) is 5.69 Å². The van der Waals surface area contributed by atoms with Crippen LogP contribution in [0.3, 0.4) is 0 Å². The number of anilines is 1. The molecule has 27 heavy (non-hydrogen) atoms. The summed E-state index contributed by atoms with van der Waals surface area (Å²) in [6.07, 6.45) is 0. The standard InChI is InChI=1S/C22H29N3OS/c1-17(2)18-7-9-21(10-8-18)24-22(27)23-15-19-5-3-4-6-20(19)16-25-11-13-26-14-12-25/h3-10,17H,11-16H2,1-2H3,(H2,23,24,27). The van der Waals surface area contributed by atoms with Crippen molar-refractivity contribution in [2.45, 2.75) is 32.9 Å². The van der Waals surface area contributed by atoms with Crippen LogP contribution in [0.15, 0.2) is 48.5 Å². The summed E-state index contributed by atoms with van der Waals surface area (Å²) in [5, 5.41) is 7.26. The van der Waals surface area contributed by atoms with Crippen LogP contribution in [0.2, 0.25) is 0 Å². The minimum atomic E-state index is 0.534. The average Bonchev–Trinajstić information content (AvgIpc) is 2.68. The highest BCUT2D eigenvalue weighted by atomic mass is 32.1. The molecule has 1 aliphatic heterocycles. The van der Waals surface area contributed by atoms with Gasteiger partial charge in [0.1, 0.15) is 0 Å². The molecular formula is C22H29N3OS. The van der Waals surface area contributed by atoms with E-state index in [-0.39, 0.29) is 0 Å². The van der Waals surface area contributed by atoms with E-state index >= 15 is 0 Å². The van der Waals surface area contributed by atoms with Gasteiger partial charge in [-0.3, -0.25) is 4.90 Å². The largest absolute Gasteiger partial charge is 0.379 e. The number of hydrogen-bond donors (Lipinski definition) is 2. The molecule has 0 radical (unpaired) electrons. The van der Waals surface area contributed by atoms with Gasteiger partial charge < -0.3 is 15.4 Å². The first-order valence-electron chi connectivity index (χ1n) is 9.63. The van der Waals surface area contributed by atoms with Crippen molar-refractivity contribution in [2.75, 3.05) is 31.6 Å². The molecule has 0 aromatic heterocycles. The highest BCUT2D eigenvalue weighted by Crippen LogP contribution is 2.17. The summed E-state index contributed by atoms with van der Waals surface area (Å²) in [5.74, 6) is 0.534. The van der Waals surface area contributed by atoms with Crippen molar-refractivity contribution in [3.63, 3.8) is 0 Å². The Hall–Kier alpha value is -1.95. The molecule has 0 bridgehead atoms. The van der Waals surface area contributed by atoms with Crippen molar-refractivity contribution < 1.29 is 4.74 Å². The first kappa shape index (κ1) is 19.8. The average molecular weight is 384 g/mol. The Morgan fingerprint density at radius 2 is 1.70 bits per heavy atom. The van der Waals surface area contributed by atoms with Gasteiger partial charge in [0.25, 0.3) is 0 Å². The number of nitrogens with one attached hydrogen (secondary N) is 2. The van der Waals surface area contributed by atoms with Gasteiger partial charge in [0.15, 0.2) is 5.11 Å². The van der Waals surface area contributed by atoms with Crippen LogP contribution in [0.5, 0.6) is 0 Å². The number of rotatable bonds is 6. The van der Waals surface area contributed by atoms with Crippen LogP contribution >= 0.6 is 12.2 Å². The van der Waals surface area contributed by atoms with Crippen molar-refractivity contribution in [2.24, 2.45) is 0 Å². The lowest BCUT2D eigenvalue weighted by Gasteiger charge is -2.27. The zero-order valence-electron chi connectivity index (χ0n) is 16.2. The van der Waals surface area contributed by atoms with Gasteiger partial charge in [-0.15, -0.1) is 0 Å². The molecule has 1 heterocycles. The molecule has 4 nitrogen and oxygen atoms in total. The Morgan fingerprint density at radius 3 is 2.37 bits per heavy atom. The minimum Gasteiger partial charge on any atom is -0.379 e. The lowest BCUT2D eigenvalue weighted by atomic mass is 10.0. The van der Waals surface area contributed by atoms with Crippen molar-refractivity contribution in [3.8, 4) is 0 Å². The number of thiocarbonyl (C=S) groups is 1. The van der Waals surface area contributed by atoms with Crippen LogP contribution in [0.1, 0.15) is 36.5 Å². The van der Waals surface area contributed by atoms with Gasteiger partial charge in [-0.2, -0.15) is 0 Å². The third-order valence-corrected chi connectivity index (χ3v) is 5.14. The third kappa shape index (κ3) is 6.03. The van der Waals surface area contributed by atoms with Crippen molar-refractivity contribution in [3.05, 3.63) is 65.2 Å². The zero-order chi connectivity index (χ0) is 19.1. The second-order valence-electron chi connectivity index (χ2n) is 7.24. The second kappa shape index (κ2) is 9.83. The Morgan fingerprint density at radius 1 is 1.04 bits per heavy atom. The van der Waals surface area contributed by atoms with Crippen LogP contribution in [0, 0.1) is 0 Å². The van der Waals surface area contributed by atoms with E-state index in [2.05, 4.69) is 77.9 Å². The molecule has 2 aromatic rings. The molecule has 1 fully saturated rings. The summed E-state index contributed by atoms with van der Waals surface area (Å²) in [5.41, 5.74) is 4.97. The Balaban J connectivity index is 1.53. The summed E-state index contributed by atoms with van der Waals surface area (Å²) < 4.78 is 5.44. The van der Waals surface area contributed by atoms with Crippen LogP contribution < -0.4 is 10.6 Å². The van der Waals surface area contributed by atoms with E-state index in [9.17, 15) is 0 Å². The molecule has 3 rings (SSSR count). The molecule has 0 amide bonds. The molecule has 1 aliphatic rings. The van der Waals surface area contributed by atoms with Gasteiger partial charge in [0.05, 0.1) is 13.2 Å². The fraction of sp³-hybridized carbons (Fsp3) is 0.409. The maximum atomic E-state index is 5.48. The van der Waals surface area contributed by atoms with Crippen molar-refractivity contribution in [1.29, 1.82) is 0 Å². The summed E-state index contributed by atoms with van der Waals surface area (Å²) in [6.45, 7) is 9.71. The normalized spacial score (nSPS) is 14.9. The lowest BCUT2D eigenvalue weighted by molar-refractivity contribution is 0.0341. The first-order chi connectivity index (χ1) is 13.1. The predicted octanol–water partition coefficient (Wildman–Crippen LogP) is 4.13. The van der Waals surface area contributed by atoms with Crippen molar-refractivity contribution in [1.82, 2.24) is 10.2 Å². The molecule has 0 spiro atoms. The fourth-order valence-electron chi connectivity index (χ4n) is 3.19. The van der Waals surface area contributed by atoms with Gasteiger partial charge in [-0.05, 0) is 47.0 Å². The SMILES string of the molecule is CC(C)c1ccc(NC(=S)NCc2ccccc2CN2CCOCC2)cc1. The molecule has 0 unspecified atom stereocenters. The lowest BCUT2D eigenvalue weighted by Crippen LogP contribution is -2.36. The second-order valence-corrected chi connectivity index (χ2v) is 7.65. The maximum absolute atomic E-state index is 5.48. The fourth-order valence-corrected chi connectivity index (χ4v) is 3.38. The molecule has 0 aliphatic carbocycles. The van der Waals surface area contributed by atoms with E-state index in [4.69, 9.17) is 17.0 Å². The molecule has 2 N–H and O–H groups in total. The number of morpholine rings is 1.